The van der Waals surface area contributed by atoms with Crippen LogP contribution < -0.4 is 5.73 Å². The summed E-state index contributed by atoms with van der Waals surface area (Å²) in [6, 6.07) is 8.81. The second kappa shape index (κ2) is 6.56. The minimum Gasteiger partial charge on any atom is -0.329 e. The smallest absolute Gasteiger partial charge is 0.0482 e. The van der Waals surface area contributed by atoms with Gasteiger partial charge >= 0.3 is 0 Å². The third-order valence-electron chi connectivity index (χ3n) is 4.55. The molecule has 2 N–H and O–H groups in total. The molecule has 0 bridgehead atoms. The molecule has 1 aromatic carbocycles. The maximum absolute atomic E-state index is 6.05. The van der Waals surface area contributed by atoms with Gasteiger partial charge in [0.05, 0.1) is 0 Å². The molecule has 1 aliphatic heterocycles. The number of rotatable bonds is 5. The van der Waals surface area contributed by atoms with E-state index >= 15 is 0 Å². The first kappa shape index (κ1) is 14.5. The molecule has 1 atom stereocenters. The maximum Gasteiger partial charge on any atom is 0.0482 e. The van der Waals surface area contributed by atoms with Crippen LogP contribution in [0.25, 0.3) is 0 Å². The van der Waals surface area contributed by atoms with E-state index in [0.29, 0.717) is 12.6 Å². The molecule has 20 heavy (non-hydrogen) atoms. The molecule has 4 heteroatoms. The van der Waals surface area contributed by atoms with Crippen LogP contribution in [0.15, 0.2) is 28.7 Å². The van der Waals surface area contributed by atoms with Crippen LogP contribution >= 0.6 is 15.9 Å². The Morgan fingerprint density at radius 2 is 1.85 bits per heavy atom. The van der Waals surface area contributed by atoms with Crippen molar-refractivity contribution < 1.29 is 0 Å². The third kappa shape index (κ3) is 3.42. The molecule has 2 aliphatic rings. The van der Waals surface area contributed by atoms with Crippen LogP contribution in [0.2, 0.25) is 0 Å². The van der Waals surface area contributed by atoms with Crippen molar-refractivity contribution in [2.24, 2.45) is 11.7 Å². The Balaban J connectivity index is 1.61. The minimum atomic E-state index is 0.341. The third-order valence-corrected chi connectivity index (χ3v) is 5.27. The van der Waals surface area contributed by atoms with Gasteiger partial charge in [0, 0.05) is 49.8 Å². The number of nitrogens with two attached hydrogens (primary N) is 1. The number of nitrogens with zero attached hydrogens (tertiary/aromatic N) is 2. The average molecular weight is 338 g/mol. The highest BCUT2D eigenvalue weighted by Crippen LogP contribution is 2.31. The summed E-state index contributed by atoms with van der Waals surface area (Å²) in [4.78, 5) is 5.17. The molecule has 1 aliphatic carbocycles. The summed E-state index contributed by atoms with van der Waals surface area (Å²) in [7, 11) is 0. The second-order valence-corrected chi connectivity index (χ2v) is 6.91. The molecule has 1 saturated carbocycles. The summed E-state index contributed by atoms with van der Waals surface area (Å²) in [5.41, 5.74) is 7.38. The Bertz CT molecular complexity index is 439. The van der Waals surface area contributed by atoms with E-state index in [1.54, 1.807) is 0 Å². The highest BCUT2D eigenvalue weighted by Gasteiger charge is 2.29. The van der Waals surface area contributed by atoms with E-state index < -0.39 is 0 Å². The first-order valence-electron chi connectivity index (χ1n) is 7.69. The van der Waals surface area contributed by atoms with E-state index in [4.69, 9.17) is 5.73 Å². The van der Waals surface area contributed by atoms with E-state index in [2.05, 4.69) is 50.0 Å². The normalized spacial score (nSPS) is 22.9. The highest BCUT2D eigenvalue weighted by molar-refractivity contribution is 9.10. The molecule has 0 radical (unpaired) electrons. The fourth-order valence-corrected chi connectivity index (χ4v) is 3.69. The van der Waals surface area contributed by atoms with Gasteiger partial charge < -0.3 is 10.6 Å². The predicted octanol–water partition coefficient (Wildman–Crippen LogP) is 2.48. The average Bonchev–Trinajstić information content (AvgIpc) is 3.27. The first-order valence-corrected chi connectivity index (χ1v) is 8.48. The zero-order chi connectivity index (χ0) is 13.9. The molecule has 3 nitrogen and oxygen atoms in total. The van der Waals surface area contributed by atoms with Gasteiger partial charge in [0.2, 0.25) is 0 Å². The highest BCUT2D eigenvalue weighted by atomic mass is 79.9. The van der Waals surface area contributed by atoms with Crippen LogP contribution in [-0.4, -0.2) is 49.1 Å². The lowest BCUT2D eigenvalue weighted by Crippen LogP contribution is -2.49. The van der Waals surface area contributed by atoms with Crippen LogP contribution in [0.3, 0.4) is 0 Å². The first-order chi connectivity index (χ1) is 9.78. The van der Waals surface area contributed by atoms with Crippen molar-refractivity contribution in [3.05, 3.63) is 34.3 Å². The van der Waals surface area contributed by atoms with Crippen molar-refractivity contribution >= 4 is 15.9 Å². The van der Waals surface area contributed by atoms with Crippen molar-refractivity contribution in [2.45, 2.75) is 18.9 Å². The van der Waals surface area contributed by atoms with Gasteiger partial charge in [-0.1, -0.05) is 34.1 Å². The van der Waals surface area contributed by atoms with Crippen molar-refractivity contribution in [3.63, 3.8) is 0 Å². The monoisotopic (exact) mass is 337 g/mol. The van der Waals surface area contributed by atoms with E-state index in [-0.39, 0.29) is 0 Å². The van der Waals surface area contributed by atoms with E-state index in [1.165, 1.54) is 42.5 Å². The lowest BCUT2D eigenvalue weighted by Gasteiger charge is -2.39. The molecule has 1 saturated heterocycles. The van der Waals surface area contributed by atoms with Crippen LogP contribution in [-0.2, 0) is 0 Å². The van der Waals surface area contributed by atoms with Crippen LogP contribution in [0.5, 0.6) is 0 Å². The van der Waals surface area contributed by atoms with Crippen LogP contribution in [0.1, 0.15) is 24.4 Å². The van der Waals surface area contributed by atoms with Gasteiger partial charge in [-0.25, -0.2) is 0 Å². The number of hydrogen-bond donors (Lipinski definition) is 1. The van der Waals surface area contributed by atoms with Gasteiger partial charge in [-0.2, -0.15) is 0 Å². The Morgan fingerprint density at radius 3 is 2.45 bits per heavy atom. The predicted molar refractivity (Wildman–Crippen MR) is 86.7 cm³/mol. The summed E-state index contributed by atoms with van der Waals surface area (Å²) < 4.78 is 1.18. The second-order valence-electron chi connectivity index (χ2n) is 6.05. The minimum absolute atomic E-state index is 0.341. The molecule has 1 heterocycles. The molecule has 1 aromatic rings. The van der Waals surface area contributed by atoms with Crippen molar-refractivity contribution in [1.29, 1.82) is 0 Å². The van der Waals surface area contributed by atoms with Gasteiger partial charge in [-0.05, 0) is 30.4 Å². The van der Waals surface area contributed by atoms with E-state index in [0.717, 1.165) is 19.0 Å². The molecular formula is C16H24BrN3. The van der Waals surface area contributed by atoms with Gasteiger partial charge in [-0.3, -0.25) is 4.90 Å². The molecule has 3 rings (SSSR count). The molecular weight excluding hydrogens is 314 g/mol. The fraction of sp³-hybridized carbons (Fsp3) is 0.625. The van der Waals surface area contributed by atoms with Crippen molar-refractivity contribution in [1.82, 2.24) is 9.80 Å². The number of hydrogen-bond acceptors (Lipinski definition) is 3. The quantitative estimate of drug-likeness (QED) is 0.895. The molecule has 2 fully saturated rings. The number of piperazine rings is 1. The van der Waals surface area contributed by atoms with Gasteiger partial charge in [0.1, 0.15) is 0 Å². The van der Waals surface area contributed by atoms with Gasteiger partial charge in [-0.15, -0.1) is 0 Å². The van der Waals surface area contributed by atoms with E-state index in [9.17, 15) is 0 Å². The molecule has 0 amide bonds. The zero-order valence-corrected chi connectivity index (χ0v) is 13.6. The Labute approximate surface area is 130 Å². The number of benzene rings is 1. The fourth-order valence-electron chi connectivity index (χ4n) is 3.14. The largest absolute Gasteiger partial charge is 0.329 e. The SMILES string of the molecule is NCC(c1ccccc1Br)N1CCN(CC2CC2)CC1. The Kier molecular flexibility index (Phi) is 4.76. The molecule has 110 valence electrons. The molecule has 0 aromatic heterocycles. The topological polar surface area (TPSA) is 32.5 Å². The summed E-state index contributed by atoms with van der Waals surface area (Å²) in [6.45, 7) is 6.65. The summed E-state index contributed by atoms with van der Waals surface area (Å²) in [6.07, 6.45) is 2.89. The number of halogens is 1. The lowest BCUT2D eigenvalue weighted by molar-refractivity contribution is 0.0953. The summed E-state index contributed by atoms with van der Waals surface area (Å²) in [5, 5.41) is 0. The lowest BCUT2D eigenvalue weighted by atomic mass is 10.0. The van der Waals surface area contributed by atoms with Gasteiger partial charge in [0.25, 0.3) is 0 Å². The standard InChI is InChI=1S/C16H24BrN3/c17-15-4-2-1-3-14(15)16(11-18)20-9-7-19(8-10-20)12-13-5-6-13/h1-4,13,16H,5-12,18H2. The zero-order valence-electron chi connectivity index (χ0n) is 12.0. The summed E-state index contributed by atoms with van der Waals surface area (Å²) in [5.74, 6) is 0.995. The van der Waals surface area contributed by atoms with E-state index in [1.807, 2.05) is 0 Å². The Morgan fingerprint density at radius 1 is 1.15 bits per heavy atom. The van der Waals surface area contributed by atoms with Crippen LogP contribution in [0.4, 0.5) is 0 Å². The van der Waals surface area contributed by atoms with Crippen molar-refractivity contribution in [3.8, 4) is 0 Å². The molecule has 1 unspecified atom stereocenters. The Hall–Kier alpha value is -0.420. The maximum atomic E-state index is 6.05. The van der Waals surface area contributed by atoms with Crippen molar-refractivity contribution in [2.75, 3.05) is 39.3 Å². The van der Waals surface area contributed by atoms with Gasteiger partial charge in [0.15, 0.2) is 0 Å². The summed E-state index contributed by atoms with van der Waals surface area (Å²) >= 11 is 3.66. The van der Waals surface area contributed by atoms with Crippen LogP contribution in [0, 0.1) is 5.92 Å². The molecule has 0 spiro atoms.